The van der Waals surface area contributed by atoms with Crippen molar-refractivity contribution in [2.24, 2.45) is 0 Å². The van der Waals surface area contributed by atoms with Crippen molar-refractivity contribution in [2.45, 2.75) is 13.1 Å². The first kappa shape index (κ1) is 16.2. The lowest BCUT2D eigenvalue weighted by Crippen LogP contribution is -2.07. The lowest BCUT2D eigenvalue weighted by atomic mass is 10.0. The molecule has 0 saturated carbocycles. The highest BCUT2D eigenvalue weighted by atomic mass is 35.5. The molecule has 0 aliphatic rings. The molecular weight excluding hydrogens is 326 g/mol. The molecule has 1 heterocycles. The van der Waals surface area contributed by atoms with E-state index in [1.807, 2.05) is 0 Å². The van der Waals surface area contributed by atoms with Crippen molar-refractivity contribution in [3.8, 4) is 11.3 Å². The highest BCUT2D eigenvalue weighted by Gasteiger charge is 2.31. The Morgan fingerprint density at radius 1 is 1.27 bits per heavy atom. The molecule has 2 aromatic rings. The Morgan fingerprint density at radius 3 is 2.41 bits per heavy atom. The molecule has 1 aromatic carbocycles. The highest BCUT2D eigenvalue weighted by Crippen LogP contribution is 2.34. The fourth-order valence-electron chi connectivity index (χ4n) is 1.91. The maximum absolute atomic E-state index is 13.9. The van der Waals surface area contributed by atoms with Gasteiger partial charge in [0.1, 0.15) is 5.69 Å². The molecule has 116 valence electrons. The molecule has 0 unspecified atom stereocenters. The number of pyridine rings is 1. The first-order valence-electron chi connectivity index (χ1n) is 5.89. The van der Waals surface area contributed by atoms with Crippen LogP contribution in [0.15, 0.2) is 24.3 Å². The monoisotopic (exact) mass is 333 g/mol. The molecule has 0 radical (unpaired) electrons. The number of aryl methyl sites for hydroxylation is 1. The van der Waals surface area contributed by atoms with Crippen molar-refractivity contribution in [3.05, 3.63) is 51.9 Å². The minimum atomic E-state index is -4.53. The second-order valence-corrected chi connectivity index (χ2v) is 4.89. The van der Waals surface area contributed by atoms with Gasteiger partial charge in [-0.1, -0.05) is 17.7 Å². The van der Waals surface area contributed by atoms with Gasteiger partial charge in [-0.25, -0.2) is 14.2 Å². The lowest BCUT2D eigenvalue weighted by Gasteiger charge is -2.12. The van der Waals surface area contributed by atoms with E-state index in [-0.39, 0.29) is 16.8 Å². The van der Waals surface area contributed by atoms with Crippen LogP contribution in [0.3, 0.4) is 0 Å². The van der Waals surface area contributed by atoms with Gasteiger partial charge >= 0.3 is 12.1 Å². The summed E-state index contributed by atoms with van der Waals surface area (Å²) in [5, 5.41) is 8.54. The van der Waals surface area contributed by atoms with Crippen LogP contribution in [-0.4, -0.2) is 16.1 Å². The second-order valence-electron chi connectivity index (χ2n) is 4.48. The summed E-state index contributed by atoms with van der Waals surface area (Å²) in [6.45, 7) is 1.35. The van der Waals surface area contributed by atoms with Gasteiger partial charge in [0.2, 0.25) is 0 Å². The first-order chi connectivity index (χ1) is 10.1. The average molecular weight is 334 g/mol. The van der Waals surface area contributed by atoms with E-state index in [1.54, 1.807) is 0 Å². The summed E-state index contributed by atoms with van der Waals surface area (Å²) in [6.07, 6.45) is -4.53. The Bertz CT molecular complexity index is 759. The minimum absolute atomic E-state index is 0.0599. The highest BCUT2D eigenvalue weighted by molar-refractivity contribution is 6.33. The van der Waals surface area contributed by atoms with Crippen LogP contribution in [0, 0.1) is 12.7 Å². The van der Waals surface area contributed by atoms with E-state index in [1.165, 1.54) is 6.92 Å². The van der Waals surface area contributed by atoms with E-state index in [0.717, 1.165) is 24.3 Å². The predicted molar refractivity (Wildman–Crippen MR) is 71.3 cm³/mol. The fraction of sp³-hybridized carbons (Fsp3) is 0.143. The SMILES string of the molecule is Cc1cc(C(F)(F)F)ccc1-c1nc(C(=O)O)c(Cl)cc1F. The van der Waals surface area contributed by atoms with E-state index >= 15 is 0 Å². The normalized spacial score (nSPS) is 11.5. The Labute approximate surface area is 127 Å². The third kappa shape index (κ3) is 3.04. The van der Waals surface area contributed by atoms with Crippen LogP contribution in [0.4, 0.5) is 17.6 Å². The third-order valence-electron chi connectivity index (χ3n) is 2.94. The zero-order valence-electron chi connectivity index (χ0n) is 11.0. The fourth-order valence-corrected chi connectivity index (χ4v) is 2.13. The van der Waals surface area contributed by atoms with Gasteiger partial charge in [0, 0.05) is 5.56 Å². The van der Waals surface area contributed by atoms with E-state index in [0.29, 0.717) is 0 Å². The van der Waals surface area contributed by atoms with Crippen molar-refractivity contribution in [3.63, 3.8) is 0 Å². The summed E-state index contributed by atoms with van der Waals surface area (Å²) in [7, 11) is 0. The lowest BCUT2D eigenvalue weighted by molar-refractivity contribution is -0.137. The van der Waals surface area contributed by atoms with Crippen molar-refractivity contribution in [1.82, 2.24) is 4.98 Å². The van der Waals surface area contributed by atoms with E-state index < -0.39 is 34.2 Å². The number of carboxylic acid groups (broad SMARTS) is 1. The van der Waals surface area contributed by atoms with E-state index in [2.05, 4.69) is 4.98 Å². The number of hydrogen-bond donors (Lipinski definition) is 1. The molecule has 0 fully saturated rings. The van der Waals surface area contributed by atoms with Gasteiger partial charge in [0.05, 0.1) is 10.6 Å². The predicted octanol–water partition coefficient (Wildman–Crippen LogP) is 4.57. The number of hydrogen-bond acceptors (Lipinski definition) is 2. The number of aromatic carboxylic acids is 1. The summed E-state index contributed by atoms with van der Waals surface area (Å²) in [5.41, 5.74) is -1.66. The summed E-state index contributed by atoms with van der Waals surface area (Å²) >= 11 is 5.58. The number of benzene rings is 1. The molecule has 1 aromatic heterocycles. The molecule has 0 bridgehead atoms. The zero-order chi connectivity index (χ0) is 16.7. The molecule has 0 amide bonds. The number of alkyl halides is 3. The molecular formula is C14H8ClF4NO2. The van der Waals surface area contributed by atoms with E-state index in [9.17, 15) is 22.4 Å². The molecule has 8 heteroatoms. The van der Waals surface area contributed by atoms with Crippen LogP contribution < -0.4 is 0 Å². The molecule has 3 nitrogen and oxygen atoms in total. The molecule has 22 heavy (non-hydrogen) atoms. The molecule has 0 spiro atoms. The summed E-state index contributed by atoms with van der Waals surface area (Å²) in [6, 6.07) is 3.43. The molecule has 0 saturated heterocycles. The van der Waals surface area contributed by atoms with Crippen LogP contribution in [0.1, 0.15) is 21.6 Å². The quantitative estimate of drug-likeness (QED) is 0.819. The molecule has 1 N–H and O–H groups in total. The van der Waals surface area contributed by atoms with Gasteiger partial charge in [-0.05, 0) is 30.7 Å². The maximum atomic E-state index is 13.9. The van der Waals surface area contributed by atoms with Crippen LogP contribution in [0.2, 0.25) is 5.02 Å². The Hall–Kier alpha value is -2.15. The van der Waals surface area contributed by atoms with Gasteiger partial charge in [-0.2, -0.15) is 13.2 Å². The number of carbonyl (C=O) groups is 1. The second kappa shape index (κ2) is 5.57. The molecule has 2 rings (SSSR count). The number of rotatable bonds is 2. The Balaban J connectivity index is 2.62. The summed E-state index contributed by atoms with van der Waals surface area (Å²) in [5.74, 6) is -2.38. The zero-order valence-corrected chi connectivity index (χ0v) is 11.8. The molecule has 0 atom stereocenters. The van der Waals surface area contributed by atoms with Gasteiger partial charge < -0.3 is 5.11 Å². The first-order valence-corrected chi connectivity index (χ1v) is 6.26. The summed E-state index contributed by atoms with van der Waals surface area (Å²) < 4.78 is 51.8. The molecule has 0 aliphatic heterocycles. The van der Waals surface area contributed by atoms with Crippen molar-refractivity contribution in [1.29, 1.82) is 0 Å². The number of aromatic nitrogens is 1. The van der Waals surface area contributed by atoms with Gasteiger partial charge in [-0.15, -0.1) is 0 Å². The maximum Gasteiger partial charge on any atom is 0.416 e. The largest absolute Gasteiger partial charge is 0.476 e. The number of nitrogens with zero attached hydrogens (tertiary/aromatic N) is 1. The standard InChI is InChI=1S/C14H8ClF4NO2/c1-6-4-7(14(17,18)19)2-3-8(6)11-10(16)5-9(15)12(20-11)13(21)22/h2-5H,1H3,(H,21,22). The number of halogens is 5. The summed E-state index contributed by atoms with van der Waals surface area (Å²) in [4.78, 5) is 14.6. The van der Waals surface area contributed by atoms with Gasteiger partial charge in [0.15, 0.2) is 11.5 Å². The van der Waals surface area contributed by atoms with Crippen molar-refractivity contribution in [2.75, 3.05) is 0 Å². The minimum Gasteiger partial charge on any atom is -0.476 e. The Morgan fingerprint density at radius 2 is 1.91 bits per heavy atom. The topological polar surface area (TPSA) is 50.2 Å². The van der Waals surface area contributed by atoms with Gasteiger partial charge in [0.25, 0.3) is 0 Å². The van der Waals surface area contributed by atoms with Crippen LogP contribution >= 0.6 is 11.6 Å². The smallest absolute Gasteiger partial charge is 0.416 e. The van der Waals surface area contributed by atoms with Gasteiger partial charge in [-0.3, -0.25) is 0 Å². The van der Waals surface area contributed by atoms with Crippen LogP contribution in [-0.2, 0) is 6.18 Å². The number of carboxylic acids is 1. The van der Waals surface area contributed by atoms with Crippen molar-refractivity contribution >= 4 is 17.6 Å². The Kier molecular flexibility index (Phi) is 4.10. The third-order valence-corrected chi connectivity index (χ3v) is 3.23. The van der Waals surface area contributed by atoms with E-state index in [4.69, 9.17) is 16.7 Å². The average Bonchev–Trinajstić information content (AvgIpc) is 2.38. The van der Waals surface area contributed by atoms with Crippen LogP contribution in [0.25, 0.3) is 11.3 Å². The van der Waals surface area contributed by atoms with Crippen LogP contribution in [0.5, 0.6) is 0 Å². The molecule has 0 aliphatic carbocycles. The van der Waals surface area contributed by atoms with Crippen molar-refractivity contribution < 1.29 is 27.5 Å².